The van der Waals surface area contributed by atoms with E-state index in [2.05, 4.69) is 32.3 Å². The van der Waals surface area contributed by atoms with E-state index in [1.807, 2.05) is 17.3 Å². The van der Waals surface area contributed by atoms with E-state index in [0.717, 1.165) is 44.7 Å². The molecule has 8 atom stereocenters. The van der Waals surface area contributed by atoms with Gasteiger partial charge in [-0.1, -0.05) is 57.1 Å². The Morgan fingerprint density at radius 1 is 0.980 bits per heavy atom. The molecule has 0 aromatic rings. The van der Waals surface area contributed by atoms with Gasteiger partial charge in [-0.15, -0.1) is 0 Å². The molecule has 2 aliphatic carbocycles. The molecule has 14 heteroatoms. The van der Waals surface area contributed by atoms with Gasteiger partial charge in [0.1, 0.15) is 23.2 Å². The number of nitrogens with zero attached hydrogens (tertiary/aromatic N) is 2. The molecule has 4 aliphatic heterocycles. The van der Waals surface area contributed by atoms with E-state index in [9.17, 15) is 24.3 Å². The lowest BCUT2D eigenvalue weighted by atomic mass is 9.74. The number of carboxylic acid groups (broad SMARTS) is 1. The second kappa shape index (κ2) is 15.2. The van der Waals surface area contributed by atoms with Crippen molar-refractivity contribution in [2.75, 3.05) is 19.6 Å². The van der Waals surface area contributed by atoms with Gasteiger partial charge in [0.05, 0.1) is 12.2 Å². The number of allylic oxidation sites excluding steroid dienone is 1. The van der Waals surface area contributed by atoms with Crippen LogP contribution in [-0.2, 0) is 19.1 Å². The molecule has 2 saturated carbocycles. The monoisotopic (exact) mass is 686 g/mol. The van der Waals surface area contributed by atoms with E-state index in [4.69, 9.17) is 4.74 Å². The Bertz CT molecular complexity index is 1250. The third kappa shape index (κ3) is 8.58. The summed E-state index contributed by atoms with van der Waals surface area (Å²) in [6.07, 6.45) is 15.1. The average molecular weight is 687 g/mol. The molecular formula is C35H58N8O6. The number of aliphatic carboxylic acids is 1. The first-order chi connectivity index (χ1) is 23.4. The fraction of sp³-hybridized carbons (Fsp3) is 0.829. The summed E-state index contributed by atoms with van der Waals surface area (Å²) in [7, 11) is 0. The summed E-state index contributed by atoms with van der Waals surface area (Å²) in [5, 5.41) is 21.4. The lowest BCUT2D eigenvalue weighted by molar-refractivity contribution is -0.145. The number of carbonyl (C=O) groups excluding carboxylic acids is 3. The summed E-state index contributed by atoms with van der Waals surface area (Å²) >= 11 is 0. The molecule has 3 amide bonds. The number of ether oxygens (including phenoxy) is 1. The van der Waals surface area contributed by atoms with Crippen LogP contribution in [0, 0.1) is 23.7 Å². The number of carboxylic acids is 1. The largest absolute Gasteiger partial charge is 0.479 e. The SMILES string of the molecule is CC(C)(C)OC(=O)N[C@@H]1CCCCC/C=C\[C@@H]2C[C@]2(C(=O)O)NC(=O)[C@@H]2C[C@H](N3NNC(C4CNCC(C5CCCCC5)C4)N3)CN2C1=O. The van der Waals surface area contributed by atoms with Gasteiger partial charge in [-0.25, -0.2) is 20.4 Å². The van der Waals surface area contributed by atoms with Crippen molar-refractivity contribution in [1.82, 2.24) is 42.4 Å². The Balaban J connectivity index is 1.18. The Labute approximate surface area is 290 Å². The first-order valence-corrected chi connectivity index (χ1v) is 18.7. The number of alkyl carbamates (subject to hydrolysis) is 1. The number of amides is 3. The Kier molecular flexibility index (Phi) is 11.2. The highest BCUT2D eigenvalue weighted by atomic mass is 16.6. The van der Waals surface area contributed by atoms with E-state index < -0.39 is 41.2 Å². The zero-order valence-corrected chi connectivity index (χ0v) is 29.5. The van der Waals surface area contributed by atoms with Crippen LogP contribution in [0.3, 0.4) is 0 Å². The Hall–Kier alpha value is -2.78. The predicted molar refractivity (Wildman–Crippen MR) is 182 cm³/mol. The van der Waals surface area contributed by atoms with Crippen LogP contribution in [0.1, 0.15) is 104 Å². The molecule has 0 bridgehead atoms. The van der Waals surface area contributed by atoms with Crippen molar-refractivity contribution in [3.63, 3.8) is 0 Å². The number of hydrazine groups is 3. The highest BCUT2D eigenvalue weighted by molar-refractivity contribution is 5.96. The van der Waals surface area contributed by atoms with Crippen molar-refractivity contribution in [1.29, 1.82) is 0 Å². The van der Waals surface area contributed by atoms with Crippen LogP contribution in [0.2, 0.25) is 0 Å². The molecular weight excluding hydrogens is 628 g/mol. The van der Waals surface area contributed by atoms with Crippen molar-refractivity contribution in [2.45, 2.75) is 140 Å². The second-order valence-corrected chi connectivity index (χ2v) is 16.3. The molecule has 0 aromatic heterocycles. The van der Waals surface area contributed by atoms with Gasteiger partial charge in [0.15, 0.2) is 0 Å². The van der Waals surface area contributed by atoms with Crippen LogP contribution in [0.5, 0.6) is 0 Å². The Morgan fingerprint density at radius 2 is 1.71 bits per heavy atom. The quantitative estimate of drug-likeness (QED) is 0.211. The minimum Gasteiger partial charge on any atom is -0.479 e. The highest BCUT2D eigenvalue weighted by Crippen LogP contribution is 2.45. The Morgan fingerprint density at radius 3 is 2.47 bits per heavy atom. The molecule has 4 heterocycles. The maximum Gasteiger partial charge on any atom is 0.408 e. The maximum atomic E-state index is 14.3. The maximum absolute atomic E-state index is 14.3. The summed E-state index contributed by atoms with van der Waals surface area (Å²) in [4.78, 5) is 55.2. The number of carbonyl (C=O) groups is 4. The number of hydrogen-bond donors (Lipinski definition) is 7. The highest BCUT2D eigenvalue weighted by Gasteiger charge is 2.61. The number of nitrogens with one attached hydrogen (secondary N) is 6. The topological polar surface area (TPSA) is 176 Å². The molecule has 0 aromatic carbocycles. The van der Waals surface area contributed by atoms with Gasteiger partial charge in [-0.05, 0) is 77.7 Å². The molecule has 6 aliphatic rings. The minimum absolute atomic E-state index is 0.0302. The normalized spacial score (nSPS) is 37.6. The van der Waals surface area contributed by atoms with Crippen LogP contribution in [-0.4, -0.2) is 94.1 Å². The van der Waals surface area contributed by atoms with Gasteiger partial charge in [0.25, 0.3) is 0 Å². The molecule has 3 unspecified atom stereocenters. The van der Waals surface area contributed by atoms with Crippen LogP contribution in [0.25, 0.3) is 0 Å². The molecule has 0 spiro atoms. The van der Waals surface area contributed by atoms with E-state index in [1.165, 1.54) is 37.0 Å². The smallest absolute Gasteiger partial charge is 0.408 e. The van der Waals surface area contributed by atoms with Crippen molar-refractivity contribution >= 4 is 23.9 Å². The number of hydrogen-bond acceptors (Lipinski definition) is 10. The first kappa shape index (κ1) is 36.0. The zero-order valence-electron chi connectivity index (χ0n) is 29.5. The third-order valence-electron chi connectivity index (χ3n) is 11.5. The van der Waals surface area contributed by atoms with Gasteiger partial charge in [0.2, 0.25) is 11.8 Å². The second-order valence-electron chi connectivity index (χ2n) is 16.3. The zero-order chi connectivity index (χ0) is 34.8. The summed E-state index contributed by atoms with van der Waals surface area (Å²) in [6, 6.07) is -2.09. The summed E-state index contributed by atoms with van der Waals surface area (Å²) in [5.74, 6) is -0.441. The summed E-state index contributed by atoms with van der Waals surface area (Å²) in [5.41, 5.74) is 8.15. The van der Waals surface area contributed by atoms with E-state index in [1.54, 1.807) is 20.8 Å². The van der Waals surface area contributed by atoms with Crippen LogP contribution in [0.4, 0.5) is 4.79 Å². The van der Waals surface area contributed by atoms with Gasteiger partial charge in [0, 0.05) is 24.9 Å². The van der Waals surface area contributed by atoms with Crippen LogP contribution >= 0.6 is 0 Å². The van der Waals surface area contributed by atoms with Gasteiger partial charge >= 0.3 is 12.1 Å². The molecule has 274 valence electrons. The molecule has 0 radical (unpaired) electrons. The van der Waals surface area contributed by atoms with Gasteiger partial charge in [-0.3, -0.25) is 9.59 Å². The molecule has 49 heavy (non-hydrogen) atoms. The third-order valence-corrected chi connectivity index (χ3v) is 11.5. The van der Waals surface area contributed by atoms with E-state index in [-0.39, 0.29) is 37.0 Å². The molecule has 6 rings (SSSR count). The van der Waals surface area contributed by atoms with E-state index >= 15 is 0 Å². The first-order valence-electron chi connectivity index (χ1n) is 18.7. The molecule has 3 saturated heterocycles. The van der Waals surface area contributed by atoms with Crippen LogP contribution < -0.4 is 32.3 Å². The molecule has 5 fully saturated rings. The fourth-order valence-corrected chi connectivity index (χ4v) is 8.72. The minimum atomic E-state index is -1.38. The molecule has 7 N–H and O–H groups in total. The van der Waals surface area contributed by atoms with Crippen molar-refractivity contribution in [2.24, 2.45) is 23.7 Å². The van der Waals surface area contributed by atoms with Crippen molar-refractivity contribution < 1.29 is 29.0 Å². The van der Waals surface area contributed by atoms with Gasteiger partial charge < -0.3 is 30.7 Å². The van der Waals surface area contributed by atoms with Crippen molar-refractivity contribution in [3.05, 3.63) is 12.2 Å². The fourth-order valence-electron chi connectivity index (χ4n) is 8.72. The lowest BCUT2D eigenvalue weighted by Gasteiger charge is -2.38. The standard InChI is InChI=1S/C35H58N8O6/c1-34(2,3)49-33(48)37-27-15-11-6-4-5-10-14-25-18-35(25,32(46)47)38-30(44)28-17-26(21-42(28)31(27)45)43-40-29(39-41-43)24-16-23(19-36-20-24)22-12-8-7-9-13-22/h10,14,22-29,36,39-41H,4-9,11-13,15-21H2,1-3H3,(H,37,48)(H,38,44)(H,46,47)/b14-10-/t23?,24?,25-,26+,27-,28+,29?,35+/m1/s1. The summed E-state index contributed by atoms with van der Waals surface area (Å²) in [6.45, 7) is 7.48. The van der Waals surface area contributed by atoms with Gasteiger partial charge in [-0.2, -0.15) is 10.7 Å². The van der Waals surface area contributed by atoms with Crippen molar-refractivity contribution in [3.8, 4) is 0 Å². The average Bonchev–Trinajstić information content (AvgIpc) is 3.38. The van der Waals surface area contributed by atoms with E-state index in [0.29, 0.717) is 31.1 Å². The lowest BCUT2D eigenvalue weighted by Crippen LogP contribution is -2.56. The summed E-state index contributed by atoms with van der Waals surface area (Å²) < 4.78 is 5.51. The number of rotatable bonds is 5. The number of fused-ring (bicyclic) bond motifs is 2. The molecule has 14 nitrogen and oxygen atoms in total. The van der Waals surface area contributed by atoms with Crippen LogP contribution in [0.15, 0.2) is 12.2 Å². The number of piperidine rings is 1. The predicted octanol–water partition coefficient (Wildman–Crippen LogP) is 2.29.